The Hall–Kier alpha value is -2.34. The van der Waals surface area contributed by atoms with Crippen LogP contribution in [0.2, 0.25) is 0 Å². The van der Waals surface area contributed by atoms with Crippen molar-refractivity contribution in [3.05, 3.63) is 47.3 Å². The standard InChI is InChI=1S/C19H28N4O2/c1-13(2)8-18(24)11-20-19(25)21-17-7-5-6-16(10-17)12-23-15(4)9-14(3)22-23/h5-7,9-10,13,18,24H,8,11-12H2,1-4H3,(H2,20,21,25). The molecule has 0 radical (unpaired) electrons. The van der Waals surface area contributed by atoms with Crippen LogP contribution in [0.3, 0.4) is 0 Å². The van der Waals surface area contributed by atoms with Crippen LogP contribution < -0.4 is 10.6 Å². The number of aryl methyl sites for hydroxylation is 2. The molecular weight excluding hydrogens is 316 g/mol. The molecule has 1 atom stereocenters. The van der Waals surface area contributed by atoms with Gasteiger partial charge in [0, 0.05) is 17.9 Å². The third-order valence-electron chi connectivity index (χ3n) is 3.86. The van der Waals surface area contributed by atoms with Gasteiger partial charge in [-0.2, -0.15) is 5.10 Å². The molecule has 0 bridgehead atoms. The highest BCUT2D eigenvalue weighted by molar-refractivity contribution is 5.89. The summed E-state index contributed by atoms with van der Waals surface area (Å²) in [5.74, 6) is 0.394. The monoisotopic (exact) mass is 344 g/mol. The molecule has 1 heterocycles. The van der Waals surface area contributed by atoms with Gasteiger partial charge >= 0.3 is 6.03 Å². The number of hydrogen-bond donors (Lipinski definition) is 3. The molecule has 2 amide bonds. The lowest BCUT2D eigenvalue weighted by molar-refractivity contribution is 0.148. The fourth-order valence-corrected chi connectivity index (χ4v) is 2.77. The molecule has 0 spiro atoms. The number of nitrogens with zero attached hydrogens (tertiary/aromatic N) is 2. The second kappa shape index (κ2) is 8.67. The molecule has 2 rings (SSSR count). The van der Waals surface area contributed by atoms with Crippen LogP contribution in [0.1, 0.15) is 37.2 Å². The van der Waals surface area contributed by atoms with E-state index < -0.39 is 6.10 Å². The normalized spacial score (nSPS) is 12.2. The molecule has 0 saturated heterocycles. The van der Waals surface area contributed by atoms with E-state index in [0.717, 1.165) is 22.6 Å². The highest BCUT2D eigenvalue weighted by Crippen LogP contribution is 2.13. The Morgan fingerprint density at radius 3 is 2.68 bits per heavy atom. The van der Waals surface area contributed by atoms with Crippen molar-refractivity contribution in [1.29, 1.82) is 0 Å². The van der Waals surface area contributed by atoms with Crippen LogP contribution in [-0.2, 0) is 6.54 Å². The molecular formula is C19H28N4O2. The van der Waals surface area contributed by atoms with Crippen molar-refractivity contribution in [2.24, 2.45) is 5.92 Å². The van der Waals surface area contributed by atoms with E-state index in [1.807, 2.05) is 62.7 Å². The molecule has 6 heteroatoms. The molecule has 25 heavy (non-hydrogen) atoms. The van der Waals surface area contributed by atoms with Gasteiger partial charge in [0.15, 0.2) is 0 Å². The molecule has 1 aromatic heterocycles. The molecule has 1 unspecified atom stereocenters. The van der Waals surface area contributed by atoms with E-state index in [4.69, 9.17) is 0 Å². The molecule has 0 saturated carbocycles. The number of aliphatic hydroxyl groups excluding tert-OH is 1. The second-order valence-electron chi connectivity index (χ2n) is 6.90. The third kappa shape index (κ3) is 6.23. The second-order valence-corrected chi connectivity index (χ2v) is 6.90. The fourth-order valence-electron chi connectivity index (χ4n) is 2.77. The summed E-state index contributed by atoms with van der Waals surface area (Å²) in [6.45, 7) is 8.98. The van der Waals surface area contributed by atoms with E-state index in [1.165, 1.54) is 0 Å². The zero-order chi connectivity index (χ0) is 18.4. The number of anilines is 1. The number of aliphatic hydroxyl groups is 1. The maximum Gasteiger partial charge on any atom is 0.319 e. The minimum absolute atomic E-state index is 0.245. The first-order chi connectivity index (χ1) is 11.8. The van der Waals surface area contributed by atoms with Crippen LogP contribution in [0.25, 0.3) is 0 Å². The smallest absolute Gasteiger partial charge is 0.319 e. The molecule has 0 aliphatic carbocycles. The Balaban J connectivity index is 1.90. The van der Waals surface area contributed by atoms with E-state index in [2.05, 4.69) is 15.7 Å². The summed E-state index contributed by atoms with van der Waals surface area (Å²) in [4.78, 5) is 12.0. The van der Waals surface area contributed by atoms with Gasteiger partial charge in [-0.05, 0) is 49.9 Å². The van der Waals surface area contributed by atoms with Crippen molar-refractivity contribution < 1.29 is 9.90 Å². The van der Waals surface area contributed by atoms with Crippen LogP contribution in [0.5, 0.6) is 0 Å². The largest absolute Gasteiger partial charge is 0.391 e. The molecule has 0 aliphatic rings. The summed E-state index contributed by atoms with van der Waals surface area (Å²) in [5.41, 5.74) is 3.87. The number of benzene rings is 1. The summed E-state index contributed by atoms with van der Waals surface area (Å²) in [7, 11) is 0. The lowest BCUT2D eigenvalue weighted by atomic mass is 10.1. The van der Waals surface area contributed by atoms with Crippen molar-refractivity contribution in [2.75, 3.05) is 11.9 Å². The maximum atomic E-state index is 12.0. The van der Waals surface area contributed by atoms with E-state index in [9.17, 15) is 9.90 Å². The lowest BCUT2D eigenvalue weighted by Gasteiger charge is -2.14. The number of nitrogens with one attached hydrogen (secondary N) is 2. The quantitative estimate of drug-likeness (QED) is 0.722. The number of carbonyl (C=O) groups excluding carboxylic acids is 1. The number of carbonyl (C=O) groups is 1. The lowest BCUT2D eigenvalue weighted by Crippen LogP contribution is -2.35. The average Bonchev–Trinajstić information content (AvgIpc) is 2.82. The Morgan fingerprint density at radius 2 is 2.04 bits per heavy atom. The van der Waals surface area contributed by atoms with E-state index in [1.54, 1.807) is 0 Å². The van der Waals surface area contributed by atoms with Gasteiger partial charge in [-0.25, -0.2) is 4.79 Å². The number of hydrogen-bond acceptors (Lipinski definition) is 3. The van der Waals surface area contributed by atoms with Gasteiger partial charge in [0.2, 0.25) is 0 Å². The van der Waals surface area contributed by atoms with E-state index in [0.29, 0.717) is 18.9 Å². The number of aromatic nitrogens is 2. The van der Waals surface area contributed by atoms with Crippen LogP contribution in [0.4, 0.5) is 10.5 Å². The highest BCUT2D eigenvalue weighted by atomic mass is 16.3. The number of urea groups is 1. The molecule has 136 valence electrons. The van der Waals surface area contributed by atoms with Gasteiger partial charge in [0.05, 0.1) is 18.3 Å². The molecule has 2 aromatic rings. The van der Waals surface area contributed by atoms with Crippen LogP contribution in [0, 0.1) is 19.8 Å². The molecule has 3 N–H and O–H groups in total. The molecule has 1 aromatic carbocycles. The Bertz CT molecular complexity index is 709. The minimum atomic E-state index is -0.525. The summed E-state index contributed by atoms with van der Waals surface area (Å²) >= 11 is 0. The topological polar surface area (TPSA) is 79.2 Å². The van der Waals surface area contributed by atoms with Gasteiger partial charge in [0.1, 0.15) is 0 Å². The maximum absolute atomic E-state index is 12.0. The first kappa shape index (κ1) is 19.0. The van der Waals surface area contributed by atoms with E-state index in [-0.39, 0.29) is 12.6 Å². The third-order valence-corrected chi connectivity index (χ3v) is 3.86. The van der Waals surface area contributed by atoms with Crippen LogP contribution in [-0.4, -0.2) is 33.6 Å². The van der Waals surface area contributed by atoms with Gasteiger partial charge < -0.3 is 15.7 Å². The minimum Gasteiger partial charge on any atom is -0.391 e. The summed E-state index contributed by atoms with van der Waals surface area (Å²) in [5, 5.41) is 19.8. The fraction of sp³-hybridized carbons (Fsp3) is 0.474. The SMILES string of the molecule is Cc1cc(C)n(Cc2cccc(NC(=O)NCC(O)CC(C)C)c2)n1. The van der Waals surface area contributed by atoms with Gasteiger partial charge in [-0.15, -0.1) is 0 Å². The highest BCUT2D eigenvalue weighted by Gasteiger charge is 2.09. The molecule has 6 nitrogen and oxygen atoms in total. The Labute approximate surface area is 149 Å². The predicted octanol–water partition coefficient (Wildman–Crippen LogP) is 3.08. The van der Waals surface area contributed by atoms with Gasteiger partial charge in [0.25, 0.3) is 0 Å². The Kier molecular flexibility index (Phi) is 6.58. The van der Waals surface area contributed by atoms with Crippen molar-refractivity contribution >= 4 is 11.7 Å². The average molecular weight is 344 g/mol. The Morgan fingerprint density at radius 1 is 1.28 bits per heavy atom. The van der Waals surface area contributed by atoms with Crippen molar-refractivity contribution in [3.63, 3.8) is 0 Å². The van der Waals surface area contributed by atoms with Crippen molar-refractivity contribution in [1.82, 2.24) is 15.1 Å². The first-order valence-electron chi connectivity index (χ1n) is 8.66. The number of amides is 2. The molecule has 0 aliphatic heterocycles. The predicted molar refractivity (Wildman–Crippen MR) is 99.7 cm³/mol. The van der Waals surface area contributed by atoms with Gasteiger partial charge in [-0.1, -0.05) is 26.0 Å². The van der Waals surface area contributed by atoms with Crippen molar-refractivity contribution in [3.8, 4) is 0 Å². The zero-order valence-corrected chi connectivity index (χ0v) is 15.4. The van der Waals surface area contributed by atoms with Gasteiger partial charge in [-0.3, -0.25) is 4.68 Å². The van der Waals surface area contributed by atoms with Crippen LogP contribution in [0.15, 0.2) is 30.3 Å². The molecule has 0 fully saturated rings. The van der Waals surface area contributed by atoms with Crippen LogP contribution >= 0.6 is 0 Å². The number of rotatable bonds is 7. The summed E-state index contributed by atoms with van der Waals surface area (Å²) in [6.07, 6.45) is 0.140. The zero-order valence-electron chi connectivity index (χ0n) is 15.4. The summed E-state index contributed by atoms with van der Waals surface area (Å²) < 4.78 is 1.94. The van der Waals surface area contributed by atoms with E-state index >= 15 is 0 Å². The first-order valence-corrected chi connectivity index (χ1v) is 8.66. The summed E-state index contributed by atoms with van der Waals surface area (Å²) in [6, 6.07) is 9.41. The van der Waals surface area contributed by atoms with Crippen molar-refractivity contribution in [2.45, 2.75) is 46.8 Å².